The fourth-order valence-corrected chi connectivity index (χ4v) is 2.24. The number of rotatable bonds is 2. The monoisotopic (exact) mass is 365 g/mol. The summed E-state index contributed by atoms with van der Waals surface area (Å²) in [6.07, 6.45) is 3.03. The van der Waals surface area contributed by atoms with Gasteiger partial charge in [0.15, 0.2) is 0 Å². The molecule has 0 aliphatic heterocycles. The zero-order chi connectivity index (χ0) is 17.9. The van der Waals surface area contributed by atoms with Crippen molar-refractivity contribution in [3.63, 3.8) is 0 Å². The van der Waals surface area contributed by atoms with Crippen molar-refractivity contribution in [2.45, 2.75) is 26.3 Å². The molecule has 0 fully saturated rings. The van der Waals surface area contributed by atoms with E-state index in [0.29, 0.717) is 16.1 Å². The SMILES string of the molecule is CC(C)(C)N(NC(=O)c1ccc(Cl)c(Cl)c1)C(=O)c1cccnc1. The number of amides is 2. The molecule has 0 saturated heterocycles. The standard InChI is InChI=1S/C17H17Cl2N3O2/c1-17(2,3)22(16(24)12-5-4-8-20-10-12)21-15(23)11-6-7-13(18)14(19)9-11/h4-10H,1-3H3,(H,21,23). The van der Waals surface area contributed by atoms with Gasteiger partial charge >= 0.3 is 0 Å². The number of pyridine rings is 1. The summed E-state index contributed by atoms with van der Waals surface area (Å²) in [6.45, 7) is 5.45. The van der Waals surface area contributed by atoms with Crippen molar-refractivity contribution in [2.75, 3.05) is 0 Å². The molecular weight excluding hydrogens is 349 g/mol. The van der Waals surface area contributed by atoms with Crippen LogP contribution in [0, 0.1) is 0 Å². The van der Waals surface area contributed by atoms with Crippen LogP contribution in [0.25, 0.3) is 0 Å². The molecule has 0 atom stereocenters. The number of hydrogen-bond donors (Lipinski definition) is 1. The van der Waals surface area contributed by atoms with Crippen molar-refractivity contribution in [2.24, 2.45) is 0 Å². The van der Waals surface area contributed by atoms with Gasteiger partial charge < -0.3 is 0 Å². The minimum atomic E-state index is -0.640. The third-order valence-corrected chi connectivity index (χ3v) is 3.92. The van der Waals surface area contributed by atoms with Crippen LogP contribution in [-0.4, -0.2) is 27.3 Å². The van der Waals surface area contributed by atoms with E-state index in [1.54, 1.807) is 24.4 Å². The zero-order valence-electron chi connectivity index (χ0n) is 13.5. The van der Waals surface area contributed by atoms with Crippen LogP contribution in [0.4, 0.5) is 0 Å². The van der Waals surface area contributed by atoms with Gasteiger partial charge in [-0.2, -0.15) is 0 Å². The van der Waals surface area contributed by atoms with Gasteiger partial charge in [0, 0.05) is 18.0 Å². The van der Waals surface area contributed by atoms with Gasteiger partial charge in [-0.25, -0.2) is 5.01 Å². The molecule has 0 radical (unpaired) electrons. The van der Waals surface area contributed by atoms with E-state index in [-0.39, 0.29) is 10.9 Å². The molecule has 7 heteroatoms. The maximum absolute atomic E-state index is 12.7. The quantitative estimate of drug-likeness (QED) is 0.818. The molecule has 2 aromatic rings. The molecule has 24 heavy (non-hydrogen) atoms. The van der Waals surface area contributed by atoms with Crippen molar-refractivity contribution in [3.8, 4) is 0 Å². The minimum absolute atomic E-state index is 0.269. The first-order chi connectivity index (χ1) is 11.2. The topological polar surface area (TPSA) is 62.3 Å². The van der Waals surface area contributed by atoms with Gasteiger partial charge in [-0.1, -0.05) is 23.2 Å². The Labute approximate surface area is 150 Å². The molecule has 0 aliphatic rings. The van der Waals surface area contributed by atoms with E-state index in [1.807, 2.05) is 20.8 Å². The predicted octanol–water partition coefficient (Wildman–Crippen LogP) is 3.97. The number of aromatic nitrogens is 1. The smallest absolute Gasteiger partial charge is 0.267 e. The highest BCUT2D eigenvalue weighted by molar-refractivity contribution is 6.42. The number of hydrogen-bond acceptors (Lipinski definition) is 3. The largest absolute Gasteiger partial charge is 0.274 e. The average Bonchev–Trinajstić information content (AvgIpc) is 2.54. The number of benzene rings is 1. The van der Waals surface area contributed by atoms with E-state index >= 15 is 0 Å². The van der Waals surface area contributed by atoms with Crippen LogP contribution >= 0.6 is 23.2 Å². The Bertz CT molecular complexity index is 758. The van der Waals surface area contributed by atoms with Gasteiger partial charge in [0.1, 0.15) is 0 Å². The summed E-state index contributed by atoms with van der Waals surface area (Å²) < 4.78 is 0. The lowest BCUT2D eigenvalue weighted by molar-refractivity contribution is 0.0358. The van der Waals surface area contributed by atoms with E-state index in [1.165, 1.54) is 23.3 Å². The maximum atomic E-state index is 12.7. The number of carbonyl (C=O) groups excluding carboxylic acids is 2. The van der Waals surface area contributed by atoms with Gasteiger partial charge in [-0.3, -0.25) is 20.0 Å². The number of nitrogens with zero attached hydrogens (tertiary/aromatic N) is 2. The van der Waals surface area contributed by atoms with E-state index in [4.69, 9.17) is 23.2 Å². The summed E-state index contributed by atoms with van der Waals surface area (Å²) in [4.78, 5) is 29.1. The second-order valence-electron chi connectivity index (χ2n) is 6.12. The van der Waals surface area contributed by atoms with Gasteiger partial charge in [-0.15, -0.1) is 0 Å². The number of hydrazine groups is 1. The van der Waals surface area contributed by atoms with Crippen LogP contribution in [0.5, 0.6) is 0 Å². The van der Waals surface area contributed by atoms with Crippen LogP contribution in [-0.2, 0) is 0 Å². The molecular formula is C17H17Cl2N3O2. The van der Waals surface area contributed by atoms with Gasteiger partial charge in [0.2, 0.25) is 0 Å². The molecule has 5 nitrogen and oxygen atoms in total. The second kappa shape index (κ2) is 7.20. The summed E-state index contributed by atoms with van der Waals surface area (Å²) in [6, 6.07) is 7.82. The van der Waals surface area contributed by atoms with Crippen LogP contribution in [0.2, 0.25) is 10.0 Å². The fourth-order valence-electron chi connectivity index (χ4n) is 1.94. The Morgan fingerprint density at radius 1 is 1.08 bits per heavy atom. The van der Waals surface area contributed by atoms with Crippen molar-refractivity contribution in [3.05, 3.63) is 63.9 Å². The van der Waals surface area contributed by atoms with Gasteiger partial charge in [0.25, 0.3) is 11.8 Å². The molecule has 0 saturated carbocycles. The van der Waals surface area contributed by atoms with Crippen LogP contribution < -0.4 is 5.43 Å². The fraction of sp³-hybridized carbons (Fsp3) is 0.235. The lowest BCUT2D eigenvalue weighted by Gasteiger charge is -2.35. The molecule has 1 aromatic carbocycles. The lowest BCUT2D eigenvalue weighted by Crippen LogP contribution is -2.55. The van der Waals surface area contributed by atoms with E-state index in [9.17, 15) is 9.59 Å². The Kier molecular flexibility index (Phi) is 5.47. The Hall–Kier alpha value is -2.11. The summed E-state index contributed by atoms with van der Waals surface area (Å²) in [5.41, 5.74) is 2.67. The molecule has 0 unspecified atom stereocenters. The van der Waals surface area contributed by atoms with E-state index in [0.717, 1.165) is 0 Å². The zero-order valence-corrected chi connectivity index (χ0v) is 15.0. The summed E-state index contributed by atoms with van der Waals surface area (Å²) in [5.74, 6) is -0.815. The third kappa shape index (κ3) is 4.24. The molecule has 0 bridgehead atoms. The number of carbonyl (C=O) groups is 2. The molecule has 2 rings (SSSR count). The van der Waals surface area contributed by atoms with Crippen molar-refractivity contribution >= 4 is 35.0 Å². The number of nitrogens with one attached hydrogen (secondary N) is 1. The minimum Gasteiger partial charge on any atom is -0.267 e. The molecule has 126 valence electrons. The Morgan fingerprint density at radius 2 is 1.79 bits per heavy atom. The first-order valence-electron chi connectivity index (χ1n) is 7.21. The first kappa shape index (κ1) is 18.2. The number of halogens is 2. The van der Waals surface area contributed by atoms with Crippen LogP contribution in [0.3, 0.4) is 0 Å². The molecule has 1 heterocycles. The average molecular weight is 366 g/mol. The molecule has 0 aliphatic carbocycles. The van der Waals surface area contributed by atoms with Crippen molar-refractivity contribution < 1.29 is 9.59 Å². The normalized spacial score (nSPS) is 11.0. The summed E-state index contributed by atoms with van der Waals surface area (Å²) in [7, 11) is 0. The highest BCUT2D eigenvalue weighted by Gasteiger charge is 2.29. The molecule has 1 aromatic heterocycles. The van der Waals surface area contributed by atoms with E-state index in [2.05, 4.69) is 10.4 Å². The third-order valence-electron chi connectivity index (χ3n) is 3.18. The van der Waals surface area contributed by atoms with Gasteiger partial charge in [-0.05, 0) is 51.1 Å². The highest BCUT2D eigenvalue weighted by Crippen LogP contribution is 2.23. The molecule has 2 amide bonds. The summed E-state index contributed by atoms with van der Waals surface area (Å²) >= 11 is 11.8. The predicted molar refractivity (Wildman–Crippen MR) is 94.1 cm³/mol. The van der Waals surface area contributed by atoms with Crippen molar-refractivity contribution in [1.82, 2.24) is 15.4 Å². The van der Waals surface area contributed by atoms with Crippen LogP contribution in [0.15, 0.2) is 42.7 Å². The lowest BCUT2D eigenvalue weighted by atomic mass is 10.1. The van der Waals surface area contributed by atoms with Crippen molar-refractivity contribution in [1.29, 1.82) is 0 Å². The molecule has 0 spiro atoms. The maximum Gasteiger partial charge on any atom is 0.274 e. The van der Waals surface area contributed by atoms with Crippen LogP contribution in [0.1, 0.15) is 41.5 Å². The summed E-state index contributed by atoms with van der Waals surface area (Å²) in [5, 5.41) is 1.90. The molecule has 1 N–H and O–H groups in total. The Morgan fingerprint density at radius 3 is 2.33 bits per heavy atom. The highest BCUT2D eigenvalue weighted by atomic mass is 35.5. The van der Waals surface area contributed by atoms with E-state index < -0.39 is 11.4 Å². The van der Waals surface area contributed by atoms with Gasteiger partial charge in [0.05, 0.1) is 21.1 Å². The first-order valence-corrected chi connectivity index (χ1v) is 7.96. The second-order valence-corrected chi connectivity index (χ2v) is 6.94. The Balaban J connectivity index is 2.28.